The minimum absolute atomic E-state index is 0.744. The predicted octanol–water partition coefficient (Wildman–Crippen LogP) is 4.51. The molecule has 0 bridgehead atoms. The first-order valence-electron chi connectivity index (χ1n) is 5.86. The third-order valence-corrected chi connectivity index (χ3v) is 3.32. The molecule has 0 amide bonds. The summed E-state index contributed by atoms with van der Waals surface area (Å²) in [5.41, 5.74) is 3.08. The van der Waals surface area contributed by atoms with Gasteiger partial charge in [-0.1, -0.05) is 46.3 Å². The average Bonchev–Trinajstić information content (AvgIpc) is 2.41. The van der Waals surface area contributed by atoms with Crippen molar-refractivity contribution < 1.29 is 0 Å². The molecule has 18 heavy (non-hydrogen) atoms. The number of hydrogen-bond donors (Lipinski definition) is 0. The van der Waals surface area contributed by atoms with Crippen molar-refractivity contribution in [2.24, 2.45) is 0 Å². The molecule has 0 unspecified atom stereocenters. The van der Waals surface area contributed by atoms with Gasteiger partial charge in [-0.15, -0.1) is 0 Å². The molecule has 0 atom stereocenters. The lowest BCUT2D eigenvalue weighted by atomic mass is 10.0. The molecule has 0 aliphatic rings. The van der Waals surface area contributed by atoms with Crippen molar-refractivity contribution in [1.29, 1.82) is 5.26 Å². The number of aryl methyl sites for hydroxylation is 1. The molecular weight excluding hydrogens is 286 g/mol. The number of nitrogens with zero attached hydrogens (tertiary/aromatic N) is 1. The Kier molecular flexibility index (Phi) is 4.55. The smallest absolute Gasteiger partial charge is 0.0994 e. The van der Waals surface area contributed by atoms with Crippen molar-refractivity contribution in [3.8, 4) is 6.07 Å². The van der Waals surface area contributed by atoms with Gasteiger partial charge in [-0.25, -0.2) is 0 Å². The highest BCUT2D eigenvalue weighted by atomic mass is 79.9. The molecule has 2 aromatic carbocycles. The Balaban J connectivity index is 1.93. The van der Waals surface area contributed by atoms with Crippen molar-refractivity contribution >= 4 is 15.9 Å². The van der Waals surface area contributed by atoms with E-state index in [-0.39, 0.29) is 0 Å². The molecule has 1 nitrogen and oxygen atoms in total. The van der Waals surface area contributed by atoms with Crippen LogP contribution in [0.3, 0.4) is 0 Å². The molecule has 0 saturated carbocycles. The Hall–Kier alpha value is -1.59. The summed E-state index contributed by atoms with van der Waals surface area (Å²) in [5.74, 6) is 0. The van der Waals surface area contributed by atoms with Gasteiger partial charge in [0.25, 0.3) is 0 Å². The van der Waals surface area contributed by atoms with Crippen molar-refractivity contribution in [1.82, 2.24) is 0 Å². The number of benzene rings is 2. The van der Waals surface area contributed by atoms with Crippen LogP contribution < -0.4 is 0 Å². The summed E-state index contributed by atoms with van der Waals surface area (Å²) in [5, 5.41) is 8.99. The third kappa shape index (κ3) is 3.45. The highest BCUT2D eigenvalue weighted by Gasteiger charge is 2.01. The molecule has 1 radical (unpaired) electrons. The van der Waals surface area contributed by atoms with Gasteiger partial charge in [0.05, 0.1) is 11.6 Å². The zero-order chi connectivity index (χ0) is 12.8. The van der Waals surface area contributed by atoms with E-state index < -0.39 is 0 Å². The number of halogens is 1. The van der Waals surface area contributed by atoms with E-state index in [4.69, 9.17) is 5.26 Å². The number of nitriles is 1. The maximum Gasteiger partial charge on any atom is 0.0994 e. The molecule has 0 spiro atoms. The van der Waals surface area contributed by atoms with Gasteiger partial charge in [0, 0.05) is 4.47 Å². The summed E-state index contributed by atoms with van der Waals surface area (Å²) in [4.78, 5) is 0. The topological polar surface area (TPSA) is 23.8 Å². The normalized spacial score (nSPS) is 10.0. The highest BCUT2D eigenvalue weighted by Crippen LogP contribution is 2.16. The van der Waals surface area contributed by atoms with Crippen molar-refractivity contribution in [2.45, 2.75) is 12.8 Å². The van der Waals surface area contributed by atoms with Gasteiger partial charge in [0.2, 0.25) is 0 Å². The van der Waals surface area contributed by atoms with Crippen molar-refractivity contribution in [3.05, 3.63) is 76.1 Å². The van der Waals surface area contributed by atoms with E-state index in [2.05, 4.69) is 52.7 Å². The lowest BCUT2D eigenvalue weighted by molar-refractivity contribution is 0.949. The Labute approximate surface area is 116 Å². The molecule has 0 heterocycles. The van der Waals surface area contributed by atoms with Gasteiger partial charge >= 0.3 is 0 Å². The van der Waals surface area contributed by atoms with Crippen LogP contribution in [-0.4, -0.2) is 0 Å². The first-order valence-corrected chi connectivity index (χ1v) is 6.65. The van der Waals surface area contributed by atoms with Gasteiger partial charge in [-0.05, 0) is 48.6 Å². The van der Waals surface area contributed by atoms with Gasteiger partial charge < -0.3 is 0 Å². The Bertz CT molecular complexity index is 552. The van der Waals surface area contributed by atoms with Crippen LogP contribution in [0.1, 0.15) is 23.1 Å². The summed E-state index contributed by atoms with van der Waals surface area (Å²) >= 11 is 3.43. The zero-order valence-corrected chi connectivity index (χ0v) is 11.5. The minimum atomic E-state index is 0.744. The fourth-order valence-corrected chi connectivity index (χ4v) is 2.09. The molecule has 0 aliphatic heterocycles. The van der Waals surface area contributed by atoms with Crippen LogP contribution in [0.2, 0.25) is 0 Å². The SMILES string of the molecule is N#Cc1ccccc1[CH]CCc1ccc(Br)cc1. The van der Waals surface area contributed by atoms with Crippen LogP contribution in [0.15, 0.2) is 53.0 Å². The van der Waals surface area contributed by atoms with E-state index in [9.17, 15) is 0 Å². The summed E-state index contributed by atoms with van der Waals surface area (Å²) in [6.45, 7) is 0. The lowest BCUT2D eigenvalue weighted by Crippen LogP contribution is -1.90. The second kappa shape index (κ2) is 6.37. The van der Waals surface area contributed by atoms with E-state index >= 15 is 0 Å². The predicted molar refractivity (Wildman–Crippen MR) is 77.0 cm³/mol. The second-order valence-corrected chi connectivity index (χ2v) is 4.98. The summed E-state index contributed by atoms with van der Waals surface area (Å²) in [6, 6.07) is 18.3. The fraction of sp³-hybridized carbons (Fsp3) is 0.125. The lowest BCUT2D eigenvalue weighted by Gasteiger charge is -2.04. The van der Waals surface area contributed by atoms with Crippen LogP contribution in [0.4, 0.5) is 0 Å². The number of hydrogen-bond acceptors (Lipinski definition) is 1. The third-order valence-electron chi connectivity index (χ3n) is 2.79. The monoisotopic (exact) mass is 298 g/mol. The quantitative estimate of drug-likeness (QED) is 0.815. The van der Waals surface area contributed by atoms with Crippen LogP contribution in [-0.2, 0) is 6.42 Å². The molecule has 89 valence electrons. The van der Waals surface area contributed by atoms with Crippen molar-refractivity contribution in [2.75, 3.05) is 0 Å². The average molecular weight is 299 g/mol. The molecule has 2 heteroatoms. The van der Waals surface area contributed by atoms with Crippen LogP contribution in [0.25, 0.3) is 0 Å². The van der Waals surface area contributed by atoms with Crippen LogP contribution in [0.5, 0.6) is 0 Å². The molecule has 0 N–H and O–H groups in total. The van der Waals surface area contributed by atoms with E-state index in [0.717, 1.165) is 28.4 Å². The minimum Gasteiger partial charge on any atom is -0.192 e. The standard InChI is InChI=1S/C16H13BrN/c17-16-10-8-13(9-11-16)4-3-7-14-5-1-2-6-15(14)12-18/h1-2,5-11H,3-4H2. The molecule has 2 aromatic rings. The van der Waals surface area contributed by atoms with E-state index in [1.165, 1.54) is 5.56 Å². The molecule has 0 aromatic heterocycles. The summed E-state index contributed by atoms with van der Waals surface area (Å²) in [6.07, 6.45) is 4.06. The highest BCUT2D eigenvalue weighted by molar-refractivity contribution is 9.10. The Morgan fingerprint density at radius 3 is 2.50 bits per heavy atom. The maximum absolute atomic E-state index is 8.99. The van der Waals surface area contributed by atoms with E-state index in [1.807, 2.05) is 24.3 Å². The van der Waals surface area contributed by atoms with E-state index in [0.29, 0.717) is 0 Å². The maximum atomic E-state index is 8.99. The second-order valence-electron chi connectivity index (χ2n) is 4.07. The molecule has 0 aliphatic carbocycles. The Morgan fingerprint density at radius 2 is 1.78 bits per heavy atom. The van der Waals surface area contributed by atoms with Crippen LogP contribution in [0, 0.1) is 17.8 Å². The largest absolute Gasteiger partial charge is 0.192 e. The summed E-state index contributed by atoms with van der Waals surface area (Å²) < 4.78 is 1.10. The van der Waals surface area contributed by atoms with Gasteiger partial charge in [0.1, 0.15) is 0 Å². The first-order chi connectivity index (χ1) is 8.79. The zero-order valence-electron chi connectivity index (χ0n) is 9.94. The molecule has 2 rings (SSSR count). The Morgan fingerprint density at radius 1 is 1.06 bits per heavy atom. The molecule has 0 saturated heterocycles. The number of rotatable bonds is 4. The molecular formula is C16H13BrN. The van der Waals surface area contributed by atoms with Crippen LogP contribution >= 0.6 is 15.9 Å². The fourth-order valence-electron chi connectivity index (χ4n) is 1.82. The summed E-state index contributed by atoms with van der Waals surface area (Å²) in [7, 11) is 0. The van der Waals surface area contributed by atoms with E-state index in [1.54, 1.807) is 0 Å². The van der Waals surface area contributed by atoms with Crippen molar-refractivity contribution in [3.63, 3.8) is 0 Å². The van der Waals surface area contributed by atoms with Gasteiger partial charge in [-0.3, -0.25) is 0 Å². The van der Waals surface area contributed by atoms with Gasteiger partial charge in [0.15, 0.2) is 0 Å². The van der Waals surface area contributed by atoms with Gasteiger partial charge in [-0.2, -0.15) is 5.26 Å². The first kappa shape index (κ1) is 12.9. The molecule has 0 fully saturated rings.